The van der Waals surface area contributed by atoms with Crippen molar-refractivity contribution < 1.29 is 9.84 Å². The highest BCUT2D eigenvalue weighted by molar-refractivity contribution is 9.10. The fourth-order valence-corrected chi connectivity index (χ4v) is 1.98. The van der Waals surface area contributed by atoms with Gasteiger partial charge in [0.1, 0.15) is 5.75 Å². The standard InChI is InChI=1S/C13H19BrO2/c1-13(2,15)8-4-5-10-6-7-11(14)9-12(10)16-3/h6-7,9,15H,4-5,8H2,1-3H3. The second-order valence-electron chi connectivity index (χ2n) is 4.62. The lowest BCUT2D eigenvalue weighted by atomic mass is 9.99. The maximum absolute atomic E-state index is 9.63. The minimum Gasteiger partial charge on any atom is -0.496 e. The highest BCUT2D eigenvalue weighted by Gasteiger charge is 2.12. The number of aryl methyl sites for hydroxylation is 1. The van der Waals surface area contributed by atoms with Crippen LogP contribution in [0.15, 0.2) is 22.7 Å². The summed E-state index contributed by atoms with van der Waals surface area (Å²) in [4.78, 5) is 0. The van der Waals surface area contributed by atoms with Crippen molar-refractivity contribution in [2.45, 2.75) is 38.7 Å². The van der Waals surface area contributed by atoms with Gasteiger partial charge in [0.15, 0.2) is 0 Å². The monoisotopic (exact) mass is 286 g/mol. The Kier molecular flexibility index (Phi) is 4.81. The lowest BCUT2D eigenvalue weighted by Crippen LogP contribution is -2.18. The molecule has 0 aliphatic heterocycles. The van der Waals surface area contributed by atoms with E-state index in [1.54, 1.807) is 7.11 Å². The van der Waals surface area contributed by atoms with Crippen molar-refractivity contribution in [1.82, 2.24) is 0 Å². The largest absolute Gasteiger partial charge is 0.496 e. The van der Waals surface area contributed by atoms with Crippen molar-refractivity contribution in [3.8, 4) is 5.75 Å². The van der Waals surface area contributed by atoms with E-state index in [1.165, 1.54) is 5.56 Å². The molecule has 0 amide bonds. The van der Waals surface area contributed by atoms with Gasteiger partial charge in [-0.25, -0.2) is 0 Å². The molecule has 0 bridgehead atoms. The molecule has 0 aromatic heterocycles. The van der Waals surface area contributed by atoms with Crippen molar-refractivity contribution in [1.29, 1.82) is 0 Å². The quantitative estimate of drug-likeness (QED) is 0.897. The number of benzene rings is 1. The minimum absolute atomic E-state index is 0.581. The summed E-state index contributed by atoms with van der Waals surface area (Å²) in [6.07, 6.45) is 2.69. The average molecular weight is 287 g/mol. The van der Waals surface area contributed by atoms with Crippen LogP contribution in [0.3, 0.4) is 0 Å². The van der Waals surface area contributed by atoms with Crippen molar-refractivity contribution in [3.05, 3.63) is 28.2 Å². The first-order valence-electron chi connectivity index (χ1n) is 5.47. The van der Waals surface area contributed by atoms with Crippen LogP contribution in [0.4, 0.5) is 0 Å². The van der Waals surface area contributed by atoms with E-state index in [4.69, 9.17) is 4.74 Å². The molecule has 0 fully saturated rings. The van der Waals surface area contributed by atoms with Gasteiger partial charge < -0.3 is 9.84 Å². The number of ether oxygens (including phenoxy) is 1. The topological polar surface area (TPSA) is 29.5 Å². The fraction of sp³-hybridized carbons (Fsp3) is 0.538. The van der Waals surface area contributed by atoms with Crippen molar-refractivity contribution in [2.24, 2.45) is 0 Å². The zero-order valence-electron chi connectivity index (χ0n) is 10.1. The molecule has 1 aromatic carbocycles. The molecule has 0 radical (unpaired) electrons. The summed E-state index contributed by atoms with van der Waals surface area (Å²) >= 11 is 3.42. The number of hydrogen-bond donors (Lipinski definition) is 1. The minimum atomic E-state index is -0.581. The second kappa shape index (κ2) is 5.69. The summed E-state index contributed by atoms with van der Waals surface area (Å²) in [5.74, 6) is 0.908. The van der Waals surface area contributed by atoms with Gasteiger partial charge in [0.2, 0.25) is 0 Å². The van der Waals surface area contributed by atoms with Crippen molar-refractivity contribution in [3.63, 3.8) is 0 Å². The highest BCUT2D eigenvalue weighted by atomic mass is 79.9. The molecular weight excluding hydrogens is 268 g/mol. The lowest BCUT2D eigenvalue weighted by Gasteiger charge is -2.17. The molecule has 90 valence electrons. The van der Waals surface area contributed by atoms with E-state index in [0.29, 0.717) is 0 Å². The molecule has 0 saturated carbocycles. The molecule has 1 aromatic rings. The van der Waals surface area contributed by atoms with E-state index >= 15 is 0 Å². The van der Waals surface area contributed by atoms with Gasteiger partial charge in [-0.05, 0) is 50.8 Å². The Labute approximate surface area is 106 Å². The SMILES string of the molecule is COc1cc(Br)ccc1CCCC(C)(C)O. The molecule has 0 saturated heterocycles. The maximum Gasteiger partial charge on any atom is 0.123 e. The van der Waals surface area contributed by atoms with Crippen LogP contribution in [0.1, 0.15) is 32.3 Å². The molecule has 0 atom stereocenters. The molecular formula is C13H19BrO2. The van der Waals surface area contributed by atoms with Gasteiger partial charge in [-0.2, -0.15) is 0 Å². The van der Waals surface area contributed by atoms with Gasteiger partial charge in [0, 0.05) is 4.47 Å². The van der Waals surface area contributed by atoms with Crippen LogP contribution in [0.2, 0.25) is 0 Å². The number of methoxy groups -OCH3 is 1. The number of aliphatic hydroxyl groups is 1. The Morgan fingerprint density at radius 3 is 2.62 bits per heavy atom. The van der Waals surface area contributed by atoms with Gasteiger partial charge in [0.05, 0.1) is 12.7 Å². The molecule has 0 aliphatic rings. The predicted octanol–water partition coefficient (Wildman–Crippen LogP) is 3.55. The molecule has 2 nitrogen and oxygen atoms in total. The van der Waals surface area contributed by atoms with Gasteiger partial charge >= 0.3 is 0 Å². The zero-order chi connectivity index (χ0) is 12.2. The first-order chi connectivity index (χ1) is 7.42. The first-order valence-corrected chi connectivity index (χ1v) is 6.26. The van der Waals surface area contributed by atoms with Crippen molar-refractivity contribution >= 4 is 15.9 Å². The highest BCUT2D eigenvalue weighted by Crippen LogP contribution is 2.25. The Bertz CT molecular complexity index is 342. The summed E-state index contributed by atoms with van der Waals surface area (Å²) in [7, 11) is 1.68. The van der Waals surface area contributed by atoms with E-state index in [-0.39, 0.29) is 0 Å². The summed E-state index contributed by atoms with van der Waals surface area (Å²) < 4.78 is 6.34. The van der Waals surface area contributed by atoms with E-state index in [2.05, 4.69) is 22.0 Å². The summed E-state index contributed by atoms with van der Waals surface area (Å²) in [5.41, 5.74) is 0.609. The third-order valence-electron chi connectivity index (χ3n) is 2.48. The number of hydrogen-bond acceptors (Lipinski definition) is 2. The predicted molar refractivity (Wildman–Crippen MR) is 69.9 cm³/mol. The van der Waals surface area contributed by atoms with Gasteiger partial charge in [-0.1, -0.05) is 22.0 Å². The van der Waals surface area contributed by atoms with Crippen LogP contribution >= 0.6 is 15.9 Å². The first kappa shape index (κ1) is 13.5. The molecule has 16 heavy (non-hydrogen) atoms. The molecule has 0 aliphatic carbocycles. The van der Waals surface area contributed by atoms with Crippen LogP contribution in [0, 0.1) is 0 Å². The Hall–Kier alpha value is -0.540. The van der Waals surface area contributed by atoms with Gasteiger partial charge in [0.25, 0.3) is 0 Å². The average Bonchev–Trinajstić information content (AvgIpc) is 2.18. The number of halogens is 1. The Balaban J connectivity index is 2.60. The normalized spacial score (nSPS) is 11.6. The van der Waals surface area contributed by atoms with Crippen LogP contribution < -0.4 is 4.74 Å². The van der Waals surface area contributed by atoms with Gasteiger partial charge in [-0.15, -0.1) is 0 Å². The Morgan fingerprint density at radius 1 is 1.38 bits per heavy atom. The molecule has 3 heteroatoms. The summed E-state index contributed by atoms with van der Waals surface area (Å²) in [6.45, 7) is 3.68. The Morgan fingerprint density at radius 2 is 2.06 bits per heavy atom. The molecule has 0 spiro atoms. The molecule has 1 N–H and O–H groups in total. The summed E-state index contributed by atoms with van der Waals surface area (Å²) in [6, 6.07) is 6.05. The van der Waals surface area contributed by atoms with E-state index < -0.39 is 5.60 Å². The number of rotatable bonds is 5. The van der Waals surface area contributed by atoms with Crippen LogP contribution in [0.5, 0.6) is 5.75 Å². The van der Waals surface area contributed by atoms with Crippen molar-refractivity contribution in [2.75, 3.05) is 7.11 Å². The van der Waals surface area contributed by atoms with E-state index in [9.17, 15) is 5.11 Å². The zero-order valence-corrected chi connectivity index (χ0v) is 11.7. The lowest BCUT2D eigenvalue weighted by molar-refractivity contribution is 0.0689. The molecule has 0 heterocycles. The summed E-state index contributed by atoms with van der Waals surface area (Å²) in [5, 5.41) is 9.63. The third-order valence-corrected chi connectivity index (χ3v) is 2.98. The molecule has 1 rings (SSSR count). The van der Waals surface area contributed by atoms with E-state index in [1.807, 2.05) is 26.0 Å². The smallest absolute Gasteiger partial charge is 0.123 e. The molecule has 0 unspecified atom stereocenters. The van der Waals surface area contributed by atoms with Crippen LogP contribution in [-0.4, -0.2) is 17.8 Å². The fourth-order valence-electron chi connectivity index (χ4n) is 1.64. The van der Waals surface area contributed by atoms with Gasteiger partial charge in [-0.3, -0.25) is 0 Å². The maximum atomic E-state index is 9.63. The van der Waals surface area contributed by atoms with E-state index in [0.717, 1.165) is 29.5 Å². The van der Waals surface area contributed by atoms with Crippen LogP contribution in [-0.2, 0) is 6.42 Å². The van der Waals surface area contributed by atoms with Crippen LogP contribution in [0.25, 0.3) is 0 Å². The third kappa shape index (κ3) is 4.54. The second-order valence-corrected chi connectivity index (χ2v) is 5.54.